The van der Waals surface area contributed by atoms with Crippen LogP contribution in [0, 0.1) is 5.82 Å². The van der Waals surface area contributed by atoms with Crippen molar-refractivity contribution in [1.29, 1.82) is 0 Å². The van der Waals surface area contributed by atoms with Crippen molar-refractivity contribution in [3.63, 3.8) is 0 Å². The summed E-state index contributed by atoms with van der Waals surface area (Å²) >= 11 is 0. The normalized spacial score (nSPS) is 14.3. The molecule has 0 aromatic heterocycles. The summed E-state index contributed by atoms with van der Waals surface area (Å²) in [5.41, 5.74) is 1.91. The van der Waals surface area contributed by atoms with Crippen molar-refractivity contribution < 1.29 is 18.7 Å². The van der Waals surface area contributed by atoms with Crippen molar-refractivity contribution in [2.45, 2.75) is 13.0 Å². The number of hydrogen-bond donors (Lipinski definition) is 0. The SMILES string of the molecule is O=C1C=C(c2ccc(F)cc2)N(C(=O)OCc2ccccc2)CC1. The Bertz CT molecular complexity index is 769. The predicted octanol–water partition coefficient (Wildman–Crippen LogP) is 3.78. The zero-order chi connectivity index (χ0) is 16.9. The lowest BCUT2D eigenvalue weighted by Crippen LogP contribution is -2.35. The van der Waals surface area contributed by atoms with Gasteiger partial charge in [-0.1, -0.05) is 30.3 Å². The first-order chi connectivity index (χ1) is 11.6. The molecule has 0 N–H and O–H groups in total. The maximum Gasteiger partial charge on any atom is 0.414 e. The van der Waals surface area contributed by atoms with Gasteiger partial charge in [0.05, 0.1) is 5.70 Å². The van der Waals surface area contributed by atoms with Crippen LogP contribution in [0.3, 0.4) is 0 Å². The molecule has 0 aliphatic carbocycles. The van der Waals surface area contributed by atoms with Crippen LogP contribution in [0.5, 0.6) is 0 Å². The van der Waals surface area contributed by atoms with Crippen LogP contribution in [0.1, 0.15) is 17.5 Å². The van der Waals surface area contributed by atoms with Crippen molar-refractivity contribution in [3.05, 3.63) is 77.6 Å². The molecule has 1 heterocycles. The van der Waals surface area contributed by atoms with Crippen LogP contribution in [-0.4, -0.2) is 23.3 Å². The lowest BCUT2D eigenvalue weighted by atomic mass is 10.0. The van der Waals surface area contributed by atoms with Gasteiger partial charge in [0.25, 0.3) is 0 Å². The minimum Gasteiger partial charge on any atom is -0.444 e. The Morgan fingerprint density at radius 1 is 1.08 bits per heavy atom. The van der Waals surface area contributed by atoms with Crippen LogP contribution < -0.4 is 0 Å². The highest BCUT2D eigenvalue weighted by molar-refractivity contribution is 6.01. The Hall–Kier alpha value is -2.95. The van der Waals surface area contributed by atoms with Gasteiger partial charge in [0.15, 0.2) is 5.78 Å². The number of rotatable bonds is 3. The summed E-state index contributed by atoms with van der Waals surface area (Å²) in [6.45, 7) is 0.399. The molecule has 24 heavy (non-hydrogen) atoms. The quantitative estimate of drug-likeness (QED) is 0.863. The number of carbonyl (C=O) groups is 2. The van der Waals surface area contributed by atoms with Crippen molar-refractivity contribution in [3.8, 4) is 0 Å². The third-order valence-corrected chi connectivity index (χ3v) is 3.74. The van der Waals surface area contributed by atoms with Gasteiger partial charge in [-0.3, -0.25) is 9.69 Å². The number of ketones is 1. The topological polar surface area (TPSA) is 46.6 Å². The fourth-order valence-corrected chi connectivity index (χ4v) is 2.49. The van der Waals surface area contributed by atoms with Crippen LogP contribution in [0.15, 0.2) is 60.7 Å². The van der Waals surface area contributed by atoms with Gasteiger partial charge in [-0.05, 0) is 35.4 Å². The van der Waals surface area contributed by atoms with Gasteiger partial charge in [-0.2, -0.15) is 0 Å². The standard InChI is InChI=1S/C19H16FNO3/c20-16-8-6-15(7-9-16)18-12-17(22)10-11-21(18)19(23)24-13-14-4-2-1-3-5-14/h1-9,12H,10-11,13H2. The molecule has 0 atom stereocenters. The van der Waals surface area contributed by atoms with Gasteiger partial charge in [-0.25, -0.2) is 9.18 Å². The van der Waals surface area contributed by atoms with E-state index in [0.29, 0.717) is 11.3 Å². The van der Waals surface area contributed by atoms with E-state index >= 15 is 0 Å². The van der Waals surface area contributed by atoms with Crippen LogP contribution in [0.4, 0.5) is 9.18 Å². The van der Waals surface area contributed by atoms with Gasteiger partial charge in [-0.15, -0.1) is 0 Å². The molecule has 1 aliphatic rings. The van der Waals surface area contributed by atoms with E-state index in [1.807, 2.05) is 30.3 Å². The van der Waals surface area contributed by atoms with Gasteiger partial charge in [0.2, 0.25) is 0 Å². The number of benzene rings is 2. The van der Waals surface area contributed by atoms with Crippen LogP contribution in [0.25, 0.3) is 5.70 Å². The summed E-state index contributed by atoms with van der Waals surface area (Å²) in [6, 6.07) is 15.0. The number of halogens is 1. The maximum absolute atomic E-state index is 13.1. The van der Waals surface area contributed by atoms with Gasteiger partial charge in [0.1, 0.15) is 12.4 Å². The summed E-state index contributed by atoms with van der Waals surface area (Å²) in [7, 11) is 0. The molecule has 5 heteroatoms. The third kappa shape index (κ3) is 3.68. The van der Waals surface area contributed by atoms with Crippen molar-refractivity contribution >= 4 is 17.6 Å². The van der Waals surface area contributed by atoms with Gasteiger partial charge >= 0.3 is 6.09 Å². The zero-order valence-electron chi connectivity index (χ0n) is 12.9. The molecule has 4 nitrogen and oxygen atoms in total. The summed E-state index contributed by atoms with van der Waals surface area (Å²) in [5.74, 6) is -0.443. The number of allylic oxidation sites excluding steroid dienone is 1. The number of carbonyl (C=O) groups excluding carboxylic acids is 2. The Morgan fingerprint density at radius 2 is 1.79 bits per heavy atom. The maximum atomic E-state index is 13.1. The molecular weight excluding hydrogens is 309 g/mol. The first-order valence-electron chi connectivity index (χ1n) is 7.62. The third-order valence-electron chi connectivity index (χ3n) is 3.74. The molecule has 0 unspecified atom stereocenters. The first-order valence-corrected chi connectivity index (χ1v) is 7.62. The molecule has 0 saturated heterocycles. The fourth-order valence-electron chi connectivity index (χ4n) is 2.49. The molecular formula is C19H16FNO3. The molecule has 0 fully saturated rings. The second-order valence-corrected chi connectivity index (χ2v) is 5.44. The van der Waals surface area contributed by atoms with E-state index in [4.69, 9.17) is 4.74 Å². The van der Waals surface area contributed by atoms with E-state index in [1.54, 1.807) is 0 Å². The molecule has 0 saturated carbocycles. The summed E-state index contributed by atoms with van der Waals surface area (Å²) in [5, 5.41) is 0. The second-order valence-electron chi connectivity index (χ2n) is 5.44. The summed E-state index contributed by atoms with van der Waals surface area (Å²) in [4.78, 5) is 25.6. The molecule has 0 radical (unpaired) electrons. The molecule has 122 valence electrons. The molecule has 0 spiro atoms. The zero-order valence-corrected chi connectivity index (χ0v) is 12.9. The fraction of sp³-hybridized carbons (Fsp3) is 0.158. The van der Waals surface area contributed by atoms with E-state index in [-0.39, 0.29) is 31.2 Å². The average molecular weight is 325 g/mol. The van der Waals surface area contributed by atoms with E-state index in [0.717, 1.165) is 5.56 Å². The Balaban J connectivity index is 1.77. The molecule has 0 bridgehead atoms. The number of amides is 1. The number of ether oxygens (including phenoxy) is 1. The molecule has 2 aromatic carbocycles. The number of hydrogen-bond acceptors (Lipinski definition) is 3. The Kier molecular flexibility index (Phi) is 4.70. The molecule has 1 aliphatic heterocycles. The van der Waals surface area contributed by atoms with E-state index < -0.39 is 6.09 Å². The van der Waals surface area contributed by atoms with Crippen LogP contribution in [-0.2, 0) is 16.1 Å². The van der Waals surface area contributed by atoms with Crippen LogP contribution in [0.2, 0.25) is 0 Å². The smallest absolute Gasteiger partial charge is 0.414 e. The van der Waals surface area contributed by atoms with Crippen molar-refractivity contribution in [2.75, 3.05) is 6.54 Å². The minimum absolute atomic E-state index is 0.0681. The largest absolute Gasteiger partial charge is 0.444 e. The minimum atomic E-state index is -0.526. The van der Waals surface area contributed by atoms with Crippen LogP contribution >= 0.6 is 0 Å². The van der Waals surface area contributed by atoms with Gasteiger partial charge in [0, 0.05) is 19.0 Å². The highest BCUT2D eigenvalue weighted by Gasteiger charge is 2.26. The number of nitrogens with zero attached hydrogens (tertiary/aromatic N) is 1. The first kappa shape index (κ1) is 15.9. The molecule has 2 aromatic rings. The van der Waals surface area contributed by atoms with E-state index in [1.165, 1.54) is 35.2 Å². The lowest BCUT2D eigenvalue weighted by molar-refractivity contribution is -0.115. The van der Waals surface area contributed by atoms with E-state index in [2.05, 4.69) is 0 Å². The highest BCUT2D eigenvalue weighted by Crippen LogP contribution is 2.25. The van der Waals surface area contributed by atoms with E-state index in [9.17, 15) is 14.0 Å². The van der Waals surface area contributed by atoms with Crippen molar-refractivity contribution in [1.82, 2.24) is 4.90 Å². The molecule has 3 rings (SSSR count). The predicted molar refractivity (Wildman–Crippen MR) is 87.3 cm³/mol. The monoisotopic (exact) mass is 325 g/mol. The average Bonchev–Trinajstić information content (AvgIpc) is 2.61. The Labute approximate surface area is 139 Å². The summed E-state index contributed by atoms with van der Waals surface area (Å²) in [6.07, 6.45) is 1.12. The highest BCUT2D eigenvalue weighted by atomic mass is 19.1. The van der Waals surface area contributed by atoms with Gasteiger partial charge < -0.3 is 4.74 Å². The molecule has 1 amide bonds. The van der Waals surface area contributed by atoms with Crippen molar-refractivity contribution in [2.24, 2.45) is 0 Å². The summed E-state index contributed by atoms with van der Waals surface area (Å²) < 4.78 is 18.4. The Morgan fingerprint density at radius 3 is 2.50 bits per heavy atom. The lowest BCUT2D eigenvalue weighted by Gasteiger charge is -2.27. The second kappa shape index (κ2) is 7.08.